The van der Waals surface area contributed by atoms with Crippen molar-refractivity contribution in [1.82, 2.24) is 0 Å². The summed E-state index contributed by atoms with van der Waals surface area (Å²) in [7, 11) is 0. The lowest BCUT2D eigenvalue weighted by Crippen LogP contribution is -2.19. The van der Waals surface area contributed by atoms with Crippen LogP contribution >= 0.6 is 0 Å². The zero-order chi connectivity index (χ0) is 9.40. The average molecular weight is 173 g/mol. The molecule has 0 aromatic rings. The van der Waals surface area contributed by atoms with Crippen LogP contribution in [0.25, 0.3) is 0 Å². The van der Waals surface area contributed by atoms with Crippen LogP contribution in [0, 0.1) is 5.92 Å². The molecule has 3 nitrogen and oxygen atoms in total. The van der Waals surface area contributed by atoms with Crippen molar-refractivity contribution in [3.63, 3.8) is 0 Å². The maximum Gasteiger partial charge on any atom is 0.306 e. The molecule has 0 aliphatic rings. The Morgan fingerprint density at radius 3 is 2.58 bits per heavy atom. The highest BCUT2D eigenvalue weighted by molar-refractivity contribution is 5.69. The van der Waals surface area contributed by atoms with Crippen LogP contribution in [0.4, 0.5) is 0 Å². The van der Waals surface area contributed by atoms with Crippen molar-refractivity contribution in [3.05, 3.63) is 0 Å². The molecule has 1 unspecified atom stereocenters. The predicted octanol–water partition coefficient (Wildman–Crippen LogP) is 1.31. The Morgan fingerprint density at radius 2 is 2.17 bits per heavy atom. The molecule has 0 bridgehead atoms. The fourth-order valence-corrected chi connectivity index (χ4v) is 0.905. The molecule has 0 saturated carbocycles. The molecule has 3 heteroatoms. The Morgan fingerprint density at radius 1 is 1.50 bits per heavy atom. The number of rotatable bonds is 6. The van der Waals surface area contributed by atoms with Gasteiger partial charge in [0.2, 0.25) is 0 Å². The maximum atomic E-state index is 11.1. The quantitative estimate of drug-likeness (QED) is 0.616. The van der Waals surface area contributed by atoms with E-state index in [-0.39, 0.29) is 11.9 Å². The fourth-order valence-electron chi connectivity index (χ4n) is 0.905. The van der Waals surface area contributed by atoms with Gasteiger partial charge in [0, 0.05) is 6.42 Å². The van der Waals surface area contributed by atoms with Gasteiger partial charge < -0.3 is 10.5 Å². The first-order valence-electron chi connectivity index (χ1n) is 4.60. The Labute approximate surface area is 74.3 Å². The molecule has 0 amide bonds. The van der Waals surface area contributed by atoms with Gasteiger partial charge in [0.15, 0.2) is 0 Å². The van der Waals surface area contributed by atoms with Crippen molar-refractivity contribution in [1.29, 1.82) is 0 Å². The molecule has 0 aromatic heterocycles. The third-order valence-corrected chi connectivity index (χ3v) is 1.83. The molecule has 0 aliphatic carbocycles. The summed E-state index contributed by atoms with van der Waals surface area (Å²) in [5.74, 6) is 0.170. The molecule has 0 aliphatic heterocycles. The largest absolute Gasteiger partial charge is 0.466 e. The second-order valence-corrected chi connectivity index (χ2v) is 2.93. The number of hydrogen-bond acceptors (Lipinski definition) is 3. The molecule has 72 valence electrons. The monoisotopic (exact) mass is 173 g/mol. The van der Waals surface area contributed by atoms with Crippen molar-refractivity contribution < 1.29 is 9.53 Å². The lowest BCUT2D eigenvalue weighted by Gasteiger charge is -2.10. The second-order valence-electron chi connectivity index (χ2n) is 2.93. The van der Waals surface area contributed by atoms with Gasteiger partial charge in [-0.25, -0.2) is 0 Å². The highest BCUT2D eigenvalue weighted by atomic mass is 16.5. The lowest BCUT2D eigenvalue weighted by molar-refractivity contribution is -0.144. The van der Waals surface area contributed by atoms with Gasteiger partial charge in [0.05, 0.1) is 6.61 Å². The van der Waals surface area contributed by atoms with Crippen LogP contribution in [-0.2, 0) is 9.53 Å². The van der Waals surface area contributed by atoms with Crippen LogP contribution in [0.1, 0.15) is 33.1 Å². The summed E-state index contributed by atoms with van der Waals surface area (Å²) in [5.41, 5.74) is 5.45. The van der Waals surface area contributed by atoms with Crippen molar-refractivity contribution in [2.45, 2.75) is 33.1 Å². The third-order valence-electron chi connectivity index (χ3n) is 1.83. The molecule has 0 fully saturated rings. The van der Waals surface area contributed by atoms with Gasteiger partial charge >= 0.3 is 5.97 Å². The average Bonchev–Trinajstić information content (AvgIpc) is 2.10. The lowest BCUT2D eigenvalue weighted by atomic mass is 10.0. The molecule has 0 saturated heterocycles. The predicted molar refractivity (Wildman–Crippen MR) is 48.7 cm³/mol. The Hall–Kier alpha value is -0.570. The van der Waals surface area contributed by atoms with Crippen LogP contribution in [-0.4, -0.2) is 19.1 Å². The minimum atomic E-state index is -0.117. The van der Waals surface area contributed by atoms with Gasteiger partial charge in [-0.1, -0.05) is 20.3 Å². The molecule has 0 aromatic carbocycles. The van der Waals surface area contributed by atoms with Crippen LogP contribution in [0.2, 0.25) is 0 Å². The number of nitrogens with two attached hydrogens (primary N) is 1. The Kier molecular flexibility index (Phi) is 6.76. The summed E-state index contributed by atoms with van der Waals surface area (Å²) in [6.07, 6.45) is 2.29. The number of ether oxygens (including phenoxy) is 1. The summed E-state index contributed by atoms with van der Waals surface area (Å²) in [5, 5.41) is 0. The highest BCUT2D eigenvalue weighted by Crippen LogP contribution is 2.06. The molecular formula is C9H19NO2. The van der Waals surface area contributed by atoms with E-state index in [1.165, 1.54) is 0 Å². The van der Waals surface area contributed by atoms with Gasteiger partial charge in [0.25, 0.3) is 0 Å². The molecule has 0 spiro atoms. The first-order chi connectivity index (χ1) is 5.74. The summed E-state index contributed by atoms with van der Waals surface area (Å²) in [6.45, 7) is 5.11. The van der Waals surface area contributed by atoms with Crippen LogP contribution in [0.15, 0.2) is 0 Å². The van der Waals surface area contributed by atoms with E-state index in [1.54, 1.807) is 0 Å². The number of carbonyl (C=O) groups excluding carboxylic acids is 1. The van der Waals surface area contributed by atoms with Gasteiger partial charge in [-0.3, -0.25) is 4.79 Å². The first-order valence-corrected chi connectivity index (χ1v) is 4.60. The second kappa shape index (κ2) is 7.10. The molecule has 0 rings (SSSR count). The van der Waals surface area contributed by atoms with Crippen LogP contribution in [0.3, 0.4) is 0 Å². The van der Waals surface area contributed by atoms with Crippen LogP contribution < -0.4 is 5.73 Å². The number of carbonyl (C=O) groups is 1. The number of hydrogen-bond donors (Lipinski definition) is 1. The normalized spacial score (nSPS) is 12.6. The molecule has 0 radical (unpaired) electrons. The van der Waals surface area contributed by atoms with Gasteiger partial charge in [0.1, 0.15) is 0 Å². The van der Waals surface area contributed by atoms with E-state index in [2.05, 4.69) is 0 Å². The van der Waals surface area contributed by atoms with Gasteiger partial charge in [-0.05, 0) is 18.9 Å². The van der Waals surface area contributed by atoms with Crippen LogP contribution in [0.5, 0.6) is 0 Å². The zero-order valence-corrected chi connectivity index (χ0v) is 8.01. The standard InChI is InChI=1S/C9H19NO2/c1-3-5-12-9(11)6-8(4-2)7-10/h8H,3-7,10H2,1-2H3. The molecule has 12 heavy (non-hydrogen) atoms. The SMILES string of the molecule is CCCOC(=O)CC(CC)CN. The van der Waals surface area contributed by atoms with Crippen molar-refractivity contribution in [3.8, 4) is 0 Å². The van der Waals surface area contributed by atoms with E-state index in [0.717, 1.165) is 12.8 Å². The summed E-state index contributed by atoms with van der Waals surface area (Å²) < 4.78 is 4.93. The summed E-state index contributed by atoms with van der Waals surface area (Å²) in [6, 6.07) is 0. The van der Waals surface area contributed by atoms with E-state index in [4.69, 9.17) is 10.5 Å². The number of esters is 1. The van der Waals surface area contributed by atoms with E-state index >= 15 is 0 Å². The van der Waals surface area contributed by atoms with E-state index in [9.17, 15) is 4.79 Å². The zero-order valence-electron chi connectivity index (χ0n) is 8.01. The first kappa shape index (κ1) is 11.4. The Balaban J connectivity index is 3.52. The van der Waals surface area contributed by atoms with Crippen molar-refractivity contribution in [2.75, 3.05) is 13.2 Å². The van der Waals surface area contributed by atoms with E-state index in [1.807, 2.05) is 13.8 Å². The van der Waals surface area contributed by atoms with E-state index < -0.39 is 0 Å². The molecular weight excluding hydrogens is 154 g/mol. The smallest absolute Gasteiger partial charge is 0.306 e. The summed E-state index contributed by atoms with van der Waals surface area (Å²) >= 11 is 0. The summed E-state index contributed by atoms with van der Waals surface area (Å²) in [4.78, 5) is 11.1. The van der Waals surface area contributed by atoms with E-state index in [0.29, 0.717) is 19.6 Å². The minimum Gasteiger partial charge on any atom is -0.466 e. The molecule has 0 heterocycles. The Bertz CT molecular complexity index is 122. The highest BCUT2D eigenvalue weighted by Gasteiger charge is 2.10. The van der Waals surface area contributed by atoms with Crippen molar-refractivity contribution >= 4 is 5.97 Å². The van der Waals surface area contributed by atoms with Gasteiger partial charge in [-0.2, -0.15) is 0 Å². The van der Waals surface area contributed by atoms with Crippen molar-refractivity contribution in [2.24, 2.45) is 11.7 Å². The van der Waals surface area contributed by atoms with Gasteiger partial charge in [-0.15, -0.1) is 0 Å². The molecule has 1 atom stereocenters. The maximum absolute atomic E-state index is 11.1. The topological polar surface area (TPSA) is 52.3 Å². The molecule has 2 N–H and O–H groups in total. The minimum absolute atomic E-state index is 0.117. The fraction of sp³-hybridized carbons (Fsp3) is 0.889. The third kappa shape index (κ3) is 5.13.